The lowest BCUT2D eigenvalue weighted by Gasteiger charge is -2.23. The molecule has 2 heterocycles. The predicted octanol–water partition coefficient (Wildman–Crippen LogP) is 3.72. The third-order valence-corrected chi connectivity index (χ3v) is 3.41. The van der Waals surface area contributed by atoms with Crippen LogP contribution in [0.1, 0.15) is 43.1 Å². The van der Waals surface area contributed by atoms with Crippen molar-refractivity contribution in [3.8, 4) is 6.07 Å². The number of nitrogens with zero attached hydrogens (tertiary/aromatic N) is 2. The van der Waals surface area contributed by atoms with Gasteiger partial charge in [-0.2, -0.15) is 18.4 Å². The monoisotopic (exact) mass is 256 g/mol. The van der Waals surface area contributed by atoms with E-state index in [2.05, 4.69) is 6.07 Å². The lowest BCUT2D eigenvalue weighted by Crippen LogP contribution is -2.21. The summed E-state index contributed by atoms with van der Waals surface area (Å²) in [4.78, 5) is 0. The molecule has 0 bridgehead atoms. The molecule has 2 nitrogen and oxygen atoms in total. The second kappa shape index (κ2) is 4.34. The van der Waals surface area contributed by atoms with Gasteiger partial charge in [0, 0.05) is 17.9 Å². The van der Waals surface area contributed by atoms with Crippen LogP contribution in [0.2, 0.25) is 0 Å². The molecule has 0 aromatic carbocycles. The molecule has 1 unspecified atom stereocenters. The van der Waals surface area contributed by atoms with Crippen molar-refractivity contribution in [1.82, 2.24) is 4.57 Å². The molecule has 0 saturated carbocycles. The SMILES string of the molecule is CC(C)c1c(C(F)(F)F)cc2n1CC(C#N)CC2. The van der Waals surface area contributed by atoms with Crippen molar-refractivity contribution < 1.29 is 13.2 Å². The van der Waals surface area contributed by atoms with Crippen molar-refractivity contribution in [3.63, 3.8) is 0 Å². The highest BCUT2D eigenvalue weighted by molar-refractivity contribution is 5.34. The first-order valence-electron chi connectivity index (χ1n) is 6.03. The molecule has 1 aliphatic heterocycles. The Labute approximate surface area is 104 Å². The third-order valence-electron chi connectivity index (χ3n) is 3.41. The molecule has 1 aromatic heterocycles. The van der Waals surface area contributed by atoms with Gasteiger partial charge in [0.2, 0.25) is 0 Å². The average molecular weight is 256 g/mol. The van der Waals surface area contributed by atoms with Crippen LogP contribution in [-0.4, -0.2) is 4.57 Å². The highest BCUT2D eigenvalue weighted by Crippen LogP contribution is 2.39. The van der Waals surface area contributed by atoms with Crippen molar-refractivity contribution in [2.75, 3.05) is 0 Å². The van der Waals surface area contributed by atoms with Crippen LogP contribution in [0.15, 0.2) is 6.07 Å². The van der Waals surface area contributed by atoms with Gasteiger partial charge >= 0.3 is 6.18 Å². The minimum absolute atomic E-state index is 0.177. The Morgan fingerprint density at radius 3 is 2.61 bits per heavy atom. The quantitative estimate of drug-likeness (QED) is 0.752. The molecule has 0 fully saturated rings. The van der Waals surface area contributed by atoms with Crippen molar-refractivity contribution >= 4 is 0 Å². The number of alkyl halides is 3. The Balaban J connectivity index is 2.54. The average Bonchev–Trinajstić information content (AvgIpc) is 2.66. The molecular weight excluding hydrogens is 241 g/mol. The van der Waals surface area contributed by atoms with E-state index in [1.165, 1.54) is 6.07 Å². The van der Waals surface area contributed by atoms with Crippen molar-refractivity contribution in [2.45, 2.75) is 45.3 Å². The van der Waals surface area contributed by atoms with Gasteiger partial charge in [0.25, 0.3) is 0 Å². The first-order chi connectivity index (χ1) is 8.34. The van der Waals surface area contributed by atoms with Gasteiger partial charge in [-0.1, -0.05) is 13.8 Å². The van der Waals surface area contributed by atoms with Crippen LogP contribution in [0.25, 0.3) is 0 Å². The predicted molar refractivity (Wildman–Crippen MR) is 60.9 cm³/mol. The summed E-state index contributed by atoms with van der Waals surface area (Å²) in [5.41, 5.74) is 0.487. The van der Waals surface area contributed by atoms with Gasteiger partial charge in [0.15, 0.2) is 0 Å². The van der Waals surface area contributed by atoms with E-state index in [0.717, 1.165) is 0 Å². The molecular formula is C13H15F3N2. The third kappa shape index (κ3) is 2.12. The summed E-state index contributed by atoms with van der Waals surface area (Å²) < 4.78 is 40.7. The van der Waals surface area contributed by atoms with Crippen LogP contribution < -0.4 is 0 Å². The fourth-order valence-electron chi connectivity index (χ4n) is 2.63. The Kier molecular flexibility index (Phi) is 3.14. The van der Waals surface area contributed by atoms with Gasteiger partial charge in [0.1, 0.15) is 0 Å². The molecule has 1 aromatic rings. The van der Waals surface area contributed by atoms with Gasteiger partial charge in [-0.15, -0.1) is 0 Å². The number of aromatic nitrogens is 1. The summed E-state index contributed by atoms with van der Waals surface area (Å²) in [6.45, 7) is 3.90. The van der Waals surface area contributed by atoms with Crippen LogP contribution in [0.3, 0.4) is 0 Å². The largest absolute Gasteiger partial charge is 0.418 e. The summed E-state index contributed by atoms with van der Waals surface area (Å²) in [5.74, 6) is -0.378. The van der Waals surface area contributed by atoms with Gasteiger partial charge in [-0.3, -0.25) is 0 Å². The number of nitriles is 1. The molecule has 0 aliphatic carbocycles. The normalized spacial score (nSPS) is 19.7. The summed E-state index contributed by atoms with van der Waals surface area (Å²) in [6.07, 6.45) is -3.12. The van der Waals surface area contributed by atoms with Gasteiger partial charge in [0.05, 0.1) is 17.6 Å². The molecule has 0 amide bonds. The Bertz CT molecular complexity index is 492. The summed E-state index contributed by atoms with van der Waals surface area (Å²) in [7, 11) is 0. The minimum Gasteiger partial charge on any atom is -0.346 e. The molecule has 0 saturated heterocycles. The number of hydrogen-bond donors (Lipinski definition) is 0. The molecule has 1 atom stereocenters. The van der Waals surface area contributed by atoms with Crippen LogP contribution in [0, 0.1) is 17.2 Å². The minimum atomic E-state index is -4.31. The van der Waals surface area contributed by atoms with E-state index < -0.39 is 11.7 Å². The summed E-state index contributed by atoms with van der Waals surface area (Å²) in [5, 5.41) is 8.93. The Morgan fingerprint density at radius 2 is 2.11 bits per heavy atom. The van der Waals surface area contributed by atoms with E-state index in [1.54, 1.807) is 18.4 Å². The molecule has 18 heavy (non-hydrogen) atoms. The smallest absolute Gasteiger partial charge is 0.346 e. The number of halogens is 3. The van der Waals surface area contributed by atoms with E-state index in [4.69, 9.17) is 5.26 Å². The van der Waals surface area contributed by atoms with Crippen molar-refractivity contribution in [1.29, 1.82) is 5.26 Å². The zero-order valence-electron chi connectivity index (χ0n) is 10.4. The van der Waals surface area contributed by atoms with E-state index in [1.807, 2.05) is 0 Å². The van der Waals surface area contributed by atoms with E-state index in [9.17, 15) is 13.2 Å². The topological polar surface area (TPSA) is 28.7 Å². The number of fused-ring (bicyclic) bond motifs is 1. The van der Waals surface area contributed by atoms with Gasteiger partial charge in [-0.25, -0.2) is 0 Å². The van der Waals surface area contributed by atoms with Crippen LogP contribution in [0.4, 0.5) is 13.2 Å². The highest BCUT2D eigenvalue weighted by atomic mass is 19.4. The first kappa shape index (κ1) is 13.0. The highest BCUT2D eigenvalue weighted by Gasteiger charge is 2.38. The summed E-state index contributed by atoms with van der Waals surface area (Å²) in [6, 6.07) is 3.41. The van der Waals surface area contributed by atoms with E-state index in [-0.39, 0.29) is 11.8 Å². The number of rotatable bonds is 1. The van der Waals surface area contributed by atoms with Crippen LogP contribution in [0.5, 0.6) is 0 Å². The first-order valence-corrected chi connectivity index (χ1v) is 6.03. The van der Waals surface area contributed by atoms with Gasteiger partial charge < -0.3 is 4.57 Å². The fraction of sp³-hybridized carbons (Fsp3) is 0.615. The lowest BCUT2D eigenvalue weighted by atomic mass is 9.99. The lowest BCUT2D eigenvalue weighted by molar-refractivity contribution is -0.138. The fourth-order valence-corrected chi connectivity index (χ4v) is 2.63. The van der Waals surface area contributed by atoms with E-state index >= 15 is 0 Å². The number of hydrogen-bond acceptors (Lipinski definition) is 1. The maximum atomic E-state index is 13.0. The maximum absolute atomic E-state index is 13.0. The Hall–Kier alpha value is -1.44. The van der Waals surface area contributed by atoms with Crippen LogP contribution >= 0.6 is 0 Å². The van der Waals surface area contributed by atoms with Crippen molar-refractivity contribution in [2.24, 2.45) is 5.92 Å². The van der Waals surface area contributed by atoms with Crippen molar-refractivity contribution in [3.05, 3.63) is 23.0 Å². The molecule has 5 heteroatoms. The summed E-state index contributed by atoms with van der Waals surface area (Å²) >= 11 is 0. The molecule has 0 spiro atoms. The van der Waals surface area contributed by atoms with E-state index in [0.29, 0.717) is 30.8 Å². The zero-order valence-corrected chi connectivity index (χ0v) is 10.4. The second-order valence-corrected chi connectivity index (χ2v) is 5.06. The number of aryl methyl sites for hydroxylation is 1. The molecule has 0 radical (unpaired) electrons. The van der Waals surface area contributed by atoms with Gasteiger partial charge in [-0.05, 0) is 24.8 Å². The zero-order chi connectivity index (χ0) is 13.5. The standard InChI is InChI=1S/C13H15F3N2/c1-8(2)12-11(13(14,15)16)5-10-4-3-9(6-17)7-18(10)12/h5,8-9H,3-4,7H2,1-2H3. The molecule has 2 rings (SSSR count). The maximum Gasteiger partial charge on any atom is 0.418 e. The van der Waals surface area contributed by atoms with Crippen LogP contribution in [-0.2, 0) is 19.1 Å². The second-order valence-electron chi connectivity index (χ2n) is 5.06. The molecule has 1 aliphatic rings. The molecule has 98 valence electrons. The molecule has 0 N–H and O–H groups in total. The Morgan fingerprint density at radius 1 is 1.44 bits per heavy atom.